The summed E-state index contributed by atoms with van der Waals surface area (Å²) in [5, 5.41) is 10.6. The van der Waals surface area contributed by atoms with Crippen LogP contribution in [0.3, 0.4) is 0 Å². The van der Waals surface area contributed by atoms with Gasteiger partial charge in [-0.25, -0.2) is 4.79 Å². The summed E-state index contributed by atoms with van der Waals surface area (Å²) in [6, 6.07) is 9.25. The zero-order chi connectivity index (χ0) is 13.0. The molecule has 1 heterocycles. The van der Waals surface area contributed by atoms with Crippen LogP contribution in [0.2, 0.25) is 0 Å². The lowest BCUT2D eigenvalue weighted by molar-refractivity contribution is -0.134. The summed E-state index contributed by atoms with van der Waals surface area (Å²) in [5.74, 6) is -0.555. The molecule has 18 heavy (non-hydrogen) atoms. The van der Waals surface area contributed by atoms with E-state index in [4.69, 9.17) is 5.73 Å². The first kappa shape index (κ1) is 11.8. The smallest absolute Gasteiger partial charge is 0.356 e. The van der Waals surface area contributed by atoms with E-state index in [2.05, 4.69) is 20.3 Å². The van der Waals surface area contributed by atoms with Gasteiger partial charge in [-0.2, -0.15) is 4.68 Å². The van der Waals surface area contributed by atoms with Crippen molar-refractivity contribution in [2.45, 2.75) is 0 Å². The zero-order valence-electron chi connectivity index (χ0n) is 9.65. The first-order valence-electron chi connectivity index (χ1n) is 5.11. The van der Waals surface area contributed by atoms with Crippen molar-refractivity contribution in [3.8, 4) is 0 Å². The van der Waals surface area contributed by atoms with E-state index >= 15 is 0 Å². The number of tetrazole rings is 1. The molecule has 2 aromatic rings. The molecule has 0 amide bonds. The van der Waals surface area contributed by atoms with E-state index in [-0.39, 0.29) is 11.6 Å². The van der Waals surface area contributed by atoms with Gasteiger partial charge in [0.1, 0.15) is 0 Å². The van der Waals surface area contributed by atoms with Crippen molar-refractivity contribution in [2.75, 3.05) is 12.8 Å². The monoisotopic (exact) mass is 245 g/mol. The molecule has 92 valence electrons. The Hall–Kier alpha value is -2.70. The number of carbonyl (C=O) groups excluding carboxylic acids is 1. The summed E-state index contributed by atoms with van der Waals surface area (Å²) in [7, 11) is 1.28. The lowest BCUT2D eigenvalue weighted by atomic mass is 10.2. The number of benzene rings is 1. The summed E-state index contributed by atoms with van der Waals surface area (Å²) >= 11 is 0. The Morgan fingerprint density at radius 2 is 2.11 bits per heavy atom. The first-order valence-corrected chi connectivity index (χ1v) is 5.11. The van der Waals surface area contributed by atoms with Crippen molar-refractivity contribution in [3.63, 3.8) is 0 Å². The Bertz CT molecular complexity index is 576. The van der Waals surface area contributed by atoms with Crippen molar-refractivity contribution in [3.05, 3.63) is 35.9 Å². The fraction of sp³-hybridized carbons (Fsp3) is 0.0909. The number of anilines is 1. The maximum absolute atomic E-state index is 11.7. The van der Waals surface area contributed by atoms with Crippen LogP contribution in [0.15, 0.2) is 30.3 Å². The van der Waals surface area contributed by atoms with E-state index in [0.29, 0.717) is 0 Å². The van der Waals surface area contributed by atoms with Gasteiger partial charge in [-0.15, -0.1) is 0 Å². The van der Waals surface area contributed by atoms with Gasteiger partial charge >= 0.3 is 5.97 Å². The van der Waals surface area contributed by atoms with Crippen molar-refractivity contribution in [1.29, 1.82) is 0 Å². The van der Waals surface area contributed by atoms with Crippen LogP contribution in [-0.2, 0) is 9.53 Å². The van der Waals surface area contributed by atoms with Gasteiger partial charge in [-0.3, -0.25) is 0 Å². The molecule has 0 aliphatic rings. The fourth-order valence-electron chi connectivity index (χ4n) is 1.38. The molecular weight excluding hydrogens is 234 g/mol. The number of ether oxygens (including phenoxy) is 1. The normalized spacial score (nSPS) is 11.3. The van der Waals surface area contributed by atoms with Crippen LogP contribution >= 0.6 is 0 Å². The van der Waals surface area contributed by atoms with E-state index in [1.807, 2.05) is 30.3 Å². The van der Waals surface area contributed by atoms with Crippen LogP contribution in [-0.4, -0.2) is 33.3 Å². The minimum absolute atomic E-state index is 0.0163. The van der Waals surface area contributed by atoms with E-state index < -0.39 is 5.97 Å². The van der Waals surface area contributed by atoms with E-state index in [1.165, 1.54) is 7.11 Å². The minimum Gasteiger partial charge on any atom is -0.464 e. The molecule has 0 unspecified atom stereocenters. The third-order valence-electron chi connectivity index (χ3n) is 2.22. The van der Waals surface area contributed by atoms with Gasteiger partial charge in [-0.05, 0) is 22.1 Å². The molecule has 2 N–H and O–H groups in total. The van der Waals surface area contributed by atoms with E-state index in [1.54, 1.807) is 6.08 Å². The maximum Gasteiger partial charge on any atom is 0.356 e. The number of rotatable bonds is 3. The Morgan fingerprint density at radius 3 is 2.67 bits per heavy atom. The minimum atomic E-state index is -0.571. The van der Waals surface area contributed by atoms with Gasteiger partial charge in [0.25, 0.3) is 0 Å². The number of aromatic nitrogens is 4. The van der Waals surface area contributed by atoms with Crippen LogP contribution in [0.4, 0.5) is 5.95 Å². The van der Waals surface area contributed by atoms with Crippen molar-refractivity contribution in [2.24, 2.45) is 0 Å². The van der Waals surface area contributed by atoms with Crippen molar-refractivity contribution in [1.82, 2.24) is 20.2 Å². The predicted molar refractivity (Wildman–Crippen MR) is 64.9 cm³/mol. The SMILES string of the molecule is COC(=O)/C(=C/c1ccccc1)n1nnnc1N. The topological polar surface area (TPSA) is 95.9 Å². The molecule has 0 fully saturated rings. The molecule has 0 saturated carbocycles. The third-order valence-corrected chi connectivity index (χ3v) is 2.22. The number of hydrogen-bond acceptors (Lipinski definition) is 6. The van der Waals surface area contributed by atoms with Gasteiger partial charge in [0.05, 0.1) is 7.11 Å². The number of carbonyl (C=O) groups is 1. The van der Waals surface area contributed by atoms with Gasteiger partial charge < -0.3 is 10.5 Å². The molecule has 0 saturated heterocycles. The molecule has 1 aromatic carbocycles. The van der Waals surface area contributed by atoms with Gasteiger partial charge in [0, 0.05) is 0 Å². The highest BCUT2D eigenvalue weighted by molar-refractivity contribution is 6.15. The number of nitrogens with zero attached hydrogens (tertiary/aromatic N) is 4. The summed E-state index contributed by atoms with van der Waals surface area (Å²) < 4.78 is 5.81. The molecule has 7 heteroatoms. The lowest BCUT2D eigenvalue weighted by Gasteiger charge is -2.05. The van der Waals surface area contributed by atoms with Crippen LogP contribution in [0.5, 0.6) is 0 Å². The molecule has 0 radical (unpaired) electrons. The Kier molecular flexibility index (Phi) is 3.33. The molecule has 2 rings (SSSR count). The summed E-state index contributed by atoms with van der Waals surface area (Å²) in [5.41, 5.74) is 6.52. The highest BCUT2D eigenvalue weighted by atomic mass is 16.5. The standard InChI is InChI=1S/C11H11N5O2/c1-18-10(17)9(16-11(12)13-14-15-16)7-8-5-3-2-4-6-8/h2-7H,1H3,(H2,12,13,15)/b9-7-. The van der Waals surface area contributed by atoms with Crippen molar-refractivity contribution < 1.29 is 9.53 Å². The highest BCUT2D eigenvalue weighted by Crippen LogP contribution is 2.13. The lowest BCUT2D eigenvalue weighted by Crippen LogP contribution is -2.14. The number of nitrogens with two attached hydrogens (primary N) is 1. The van der Waals surface area contributed by atoms with Crippen LogP contribution < -0.4 is 5.73 Å². The van der Waals surface area contributed by atoms with Crippen LogP contribution in [0, 0.1) is 0 Å². The Labute approximate surface area is 103 Å². The third kappa shape index (κ3) is 2.34. The van der Waals surface area contributed by atoms with E-state index in [0.717, 1.165) is 10.2 Å². The fourth-order valence-corrected chi connectivity index (χ4v) is 1.38. The maximum atomic E-state index is 11.7. The predicted octanol–water partition coefficient (Wildman–Crippen LogP) is 0.426. The second kappa shape index (κ2) is 5.09. The van der Waals surface area contributed by atoms with Gasteiger partial charge in [0.2, 0.25) is 5.95 Å². The Balaban J connectivity index is 2.48. The van der Waals surface area contributed by atoms with Crippen LogP contribution in [0.1, 0.15) is 5.56 Å². The second-order valence-corrected chi connectivity index (χ2v) is 3.38. The molecule has 0 aliphatic carbocycles. The highest BCUT2D eigenvalue weighted by Gasteiger charge is 2.16. The molecule has 0 bridgehead atoms. The number of hydrogen-bond donors (Lipinski definition) is 1. The molecule has 0 aliphatic heterocycles. The number of methoxy groups -OCH3 is 1. The number of esters is 1. The summed E-state index contributed by atoms with van der Waals surface area (Å²) in [6.45, 7) is 0. The van der Waals surface area contributed by atoms with Crippen molar-refractivity contribution >= 4 is 23.7 Å². The van der Waals surface area contributed by atoms with Crippen LogP contribution in [0.25, 0.3) is 11.8 Å². The quantitative estimate of drug-likeness (QED) is 0.622. The first-order chi connectivity index (χ1) is 8.72. The van der Waals surface area contributed by atoms with E-state index in [9.17, 15) is 4.79 Å². The molecule has 7 nitrogen and oxygen atoms in total. The largest absolute Gasteiger partial charge is 0.464 e. The molecule has 1 aromatic heterocycles. The molecule has 0 spiro atoms. The average Bonchev–Trinajstić information content (AvgIpc) is 2.82. The summed E-state index contributed by atoms with van der Waals surface area (Å²) in [4.78, 5) is 11.7. The zero-order valence-corrected chi connectivity index (χ0v) is 9.65. The second-order valence-electron chi connectivity index (χ2n) is 3.38. The summed E-state index contributed by atoms with van der Waals surface area (Å²) in [6.07, 6.45) is 1.60. The molecule has 0 atom stereocenters. The van der Waals surface area contributed by atoms with Gasteiger partial charge in [-0.1, -0.05) is 35.4 Å². The number of nitrogen functional groups attached to an aromatic ring is 1. The van der Waals surface area contributed by atoms with Gasteiger partial charge in [0.15, 0.2) is 5.70 Å². The molecular formula is C11H11N5O2. The average molecular weight is 245 g/mol. The Morgan fingerprint density at radius 1 is 1.39 bits per heavy atom.